The molecule has 0 aliphatic heterocycles. The Bertz CT molecular complexity index is 330. The van der Waals surface area contributed by atoms with Crippen LogP contribution in [0.3, 0.4) is 0 Å². The summed E-state index contributed by atoms with van der Waals surface area (Å²) in [5.41, 5.74) is -0.265. The second kappa shape index (κ2) is 5.95. The Labute approximate surface area is 105 Å². The first kappa shape index (κ1) is 13.9. The minimum Gasteiger partial charge on any atom is -0.394 e. The average Bonchev–Trinajstić information content (AvgIpc) is 2.60. The standard InChI is InChI=1S/C10H19N3OS2/c1-7(2)11-10(4,5-14)6-15-9-13-12-8(3)16-9/h7,11,14H,5-6H2,1-4H3. The van der Waals surface area contributed by atoms with Crippen molar-refractivity contribution >= 4 is 23.1 Å². The Kier molecular flexibility index (Phi) is 5.17. The molecule has 0 bridgehead atoms. The van der Waals surface area contributed by atoms with Gasteiger partial charge in [-0.25, -0.2) is 0 Å². The van der Waals surface area contributed by atoms with E-state index < -0.39 is 0 Å². The zero-order valence-corrected chi connectivity index (χ0v) is 11.8. The van der Waals surface area contributed by atoms with Crippen molar-refractivity contribution < 1.29 is 5.11 Å². The maximum absolute atomic E-state index is 9.41. The minimum atomic E-state index is -0.265. The van der Waals surface area contributed by atoms with E-state index in [4.69, 9.17) is 0 Å². The van der Waals surface area contributed by atoms with E-state index in [9.17, 15) is 5.11 Å². The first-order valence-electron chi connectivity index (χ1n) is 5.26. The number of aryl methyl sites for hydroxylation is 1. The van der Waals surface area contributed by atoms with Crippen molar-refractivity contribution in [2.24, 2.45) is 0 Å². The maximum atomic E-state index is 9.41. The molecule has 1 aromatic heterocycles. The fourth-order valence-corrected chi connectivity index (χ4v) is 3.29. The van der Waals surface area contributed by atoms with Crippen molar-refractivity contribution in [3.63, 3.8) is 0 Å². The summed E-state index contributed by atoms with van der Waals surface area (Å²) in [5.74, 6) is 0.788. The van der Waals surface area contributed by atoms with Gasteiger partial charge in [-0.15, -0.1) is 10.2 Å². The summed E-state index contributed by atoms with van der Waals surface area (Å²) in [4.78, 5) is 0. The lowest BCUT2D eigenvalue weighted by Gasteiger charge is -2.30. The molecule has 0 aromatic carbocycles. The van der Waals surface area contributed by atoms with Crippen LogP contribution in [0, 0.1) is 6.92 Å². The lowest BCUT2D eigenvalue weighted by molar-refractivity contribution is 0.183. The lowest BCUT2D eigenvalue weighted by atomic mass is 10.1. The topological polar surface area (TPSA) is 58.0 Å². The molecule has 1 rings (SSSR count). The van der Waals surface area contributed by atoms with Gasteiger partial charge in [0.25, 0.3) is 0 Å². The van der Waals surface area contributed by atoms with Crippen LogP contribution in [0.25, 0.3) is 0 Å². The number of rotatable bonds is 6. The Morgan fingerprint density at radius 2 is 2.19 bits per heavy atom. The third kappa shape index (κ3) is 4.37. The molecule has 0 radical (unpaired) electrons. The Hall–Kier alpha value is -0.170. The molecule has 16 heavy (non-hydrogen) atoms. The largest absolute Gasteiger partial charge is 0.394 e. The molecule has 0 aliphatic rings. The van der Waals surface area contributed by atoms with E-state index in [0.717, 1.165) is 15.1 Å². The molecule has 1 atom stereocenters. The zero-order chi connectivity index (χ0) is 12.2. The third-order valence-corrected chi connectivity index (χ3v) is 4.35. The zero-order valence-electron chi connectivity index (χ0n) is 10.1. The van der Waals surface area contributed by atoms with Crippen molar-refractivity contribution in [2.75, 3.05) is 12.4 Å². The molecular formula is C10H19N3OS2. The highest BCUT2D eigenvalue weighted by Crippen LogP contribution is 2.25. The van der Waals surface area contributed by atoms with Gasteiger partial charge < -0.3 is 10.4 Å². The molecule has 0 saturated heterocycles. The number of thioether (sulfide) groups is 1. The average molecular weight is 261 g/mol. The van der Waals surface area contributed by atoms with Crippen molar-refractivity contribution in [1.82, 2.24) is 15.5 Å². The minimum absolute atomic E-state index is 0.121. The Balaban J connectivity index is 2.50. The molecule has 6 heteroatoms. The second-order valence-corrected chi connectivity index (χ2v) is 6.80. The molecular weight excluding hydrogens is 242 g/mol. The van der Waals surface area contributed by atoms with E-state index in [2.05, 4.69) is 29.4 Å². The number of hydrogen-bond donors (Lipinski definition) is 2. The highest BCUT2D eigenvalue weighted by Gasteiger charge is 2.24. The highest BCUT2D eigenvalue weighted by molar-refractivity contribution is 8.01. The van der Waals surface area contributed by atoms with Crippen LogP contribution in [0.1, 0.15) is 25.8 Å². The number of aliphatic hydroxyl groups is 1. The van der Waals surface area contributed by atoms with Crippen LogP contribution in [-0.2, 0) is 0 Å². The summed E-state index contributed by atoms with van der Waals surface area (Å²) in [6.45, 7) is 8.24. The SMILES string of the molecule is Cc1nnc(SCC(C)(CO)NC(C)C)s1. The van der Waals surface area contributed by atoms with Crippen molar-refractivity contribution in [2.45, 2.75) is 43.6 Å². The van der Waals surface area contributed by atoms with Crippen molar-refractivity contribution in [3.8, 4) is 0 Å². The predicted molar refractivity (Wildman–Crippen MR) is 69.1 cm³/mol. The molecule has 0 amide bonds. The van der Waals surface area contributed by atoms with E-state index in [-0.39, 0.29) is 12.1 Å². The van der Waals surface area contributed by atoms with Gasteiger partial charge in [-0.2, -0.15) is 0 Å². The van der Waals surface area contributed by atoms with Crippen molar-refractivity contribution in [3.05, 3.63) is 5.01 Å². The second-order valence-electron chi connectivity index (χ2n) is 4.39. The fourth-order valence-electron chi connectivity index (χ4n) is 1.39. The Morgan fingerprint density at radius 3 is 2.62 bits per heavy atom. The van der Waals surface area contributed by atoms with Gasteiger partial charge >= 0.3 is 0 Å². The third-order valence-electron chi connectivity index (χ3n) is 2.01. The van der Waals surface area contributed by atoms with E-state index in [0.29, 0.717) is 6.04 Å². The molecule has 4 nitrogen and oxygen atoms in total. The number of aromatic nitrogens is 2. The molecule has 1 aromatic rings. The molecule has 1 unspecified atom stereocenters. The van der Waals surface area contributed by atoms with Gasteiger partial charge in [0.2, 0.25) is 0 Å². The molecule has 1 heterocycles. The van der Waals surface area contributed by atoms with E-state index in [1.165, 1.54) is 0 Å². The van der Waals surface area contributed by atoms with Crippen LogP contribution in [0.4, 0.5) is 0 Å². The molecule has 2 N–H and O–H groups in total. The molecule has 0 aliphatic carbocycles. The van der Waals surface area contributed by atoms with Gasteiger partial charge in [-0.05, 0) is 13.8 Å². The summed E-state index contributed by atoms with van der Waals surface area (Å²) in [6.07, 6.45) is 0. The lowest BCUT2D eigenvalue weighted by Crippen LogP contribution is -2.51. The Morgan fingerprint density at radius 1 is 1.50 bits per heavy atom. The quantitative estimate of drug-likeness (QED) is 0.763. The van der Waals surface area contributed by atoms with Crippen LogP contribution >= 0.6 is 23.1 Å². The molecule has 0 fully saturated rings. The normalized spacial score (nSPS) is 15.4. The molecule has 0 saturated carbocycles. The van der Waals surface area contributed by atoms with Crippen LogP contribution in [-0.4, -0.2) is 39.2 Å². The van der Waals surface area contributed by atoms with Crippen LogP contribution in [0.15, 0.2) is 4.34 Å². The summed E-state index contributed by atoms with van der Waals surface area (Å²) in [5, 5.41) is 21.8. The van der Waals surface area contributed by atoms with Crippen LogP contribution < -0.4 is 5.32 Å². The maximum Gasteiger partial charge on any atom is 0.174 e. The first-order valence-corrected chi connectivity index (χ1v) is 7.07. The summed E-state index contributed by atoms with van der Waals surface area (Å²) in [7, 11) is 0. The summed E-state index contributed by atoms with van der Waals surface area (Å²) >= 11 is 3.23. The van der Waals surface area contributed by atoms with Crippen molar-refractivity contribution in [1.29, 1.82) is 0 Å². The first-order chi connectivity index (χ1) is 7.45. The summed E-state index contributed by atoms with van der Waals surface area (Å²) in [6, 6.07) is 0.355. The fraction of sp³-hybridized carbons (Fsp3) is 0.800. The number of aliphatic hydroxyl groups excluding tert-OH is 1. The van der Waals surface area contributed by atoms with Gasteiger partial charge in [0.05, 0.1) is 6.61 Å². The summed E-state index contributed by atoms with van der Waals surface area (Å²) < 4.78 is 0.961. The molecule has 92 valence electrons. The smallest absolute Gasteiger partial charge is 0.174 e. The highest BCUT2D eigenvalue weighted by atomic mass is 32.2. The van der Waals surface area contributed by atoms with Gasteiger partial charge in [-0.1, -0.05) is 36.9 Å². The van der Waals surface area contributed by atoms with Gasteiger partial charge in [0.15, 0.2) is 4.34 Å². The number of nitrogens with zero attached hydrogens (tertiary/aromatic N) is 2. The monoisotopic (exact) mass is 261 g/mol. The number of hydrogen-bond acceptors (Lipinski definition) is 6. The van der Waals surface area contributed by atoms with Crippen LogP contribution in [0.5, 0.6) is 0 Å². The predicted octanol–water partition coefficient (Wildman–Crippen LogP) is 1.69. The van der Waals surface area contributed by atoms with E-state index in [1.807, 2.05) is 13.8 Å². The van der Waals surface area contributed by atoms with Gasteiger partial charge in [0.1, 0.15) is 5.01 Å². The van der Waals surface area contributed by atoms with Crippen LogP contribution in [0.2, 0.25) is 0 Å². The van der Waals surface area contributed by atoms with E-state index >= 15 is 0 Å². The number of nitrogens with one attached hydrogen (secondary N) is 1. The van der Waals surface area contributed by atoms with E-state index in [1.54, 1.807) is 23.1 Å². The molecule has 0 spiro atoms. The van der Waals surface area contributed by atoms with Gasteiger partial charge in [-0.3, -0.25) is 0 Å². The van der Waals surface area contributed by atoms with Gasteiger partial charge in [0, 0.05) is 17.3 Å².